The predicted molar refractivity (Wildman–Crippen MR) is 103 cm³/mol. The number of nitrogens with zero attached hydrogens (tertiary/aromatic N) is 3. The highest BCUT2D eigenvalue weighted by molar-refractivity contribution is 5.96. The second-order valence-electron chi connectivity index (χ2n) is 7.00. The molecule has 1 aliphatic heterocycles. The molecule has 1 aromatic carbocycles. The number of pyridine rings is 1. The molecule has 6 heteroatoms. The SMILES string of the molecule is Cc1cncc(C(=O)N2CCCN2C(=O)Cc2c(C)[nH]c3ccccc23)c1. The number of amides is 2. The zero-order chi connectivity index (χ0) is 19.0. The van der Waals surface area contributed by atoms with Gasteiger partial charge in [-0.15, -0.1) is 0 Å². The molecule has 0 unspecified atom stereocenters. The van der Waals surface area contributed by atoms with Crippen LogP contribution in [0.2, 0.25) is 0 Å². The summed E-state index contributed by atoms with van der Waals surface area (Å²) in [5.74, 6) is -0.234. The number of aromatic amines is 1. The highest BCUT2D eigenvalue weighted by Crippen LogP contribution is 2.24. The number of H-pyrrole nitrogens is 1. The zero-order valence-electron chi connectivity index (χ0n) is 15.5. The lowest BCUT2D eigenvalue weighted by Gasteiger charge is -2.28. The van der Waals surface area contributed by atoms with Crippen molar-refractivity contribution in [2.75, 3.05) is 13.1 Å². The quantitative estimate of drug-likeness (QED) is 0.779. The second-order valence-corrected chi connectivity index (χ2v) is 7.00. The topological polar surface area (TPSA) is 69.3 Å². The van der Waals surface area contributed by atoms with Crippen LogP contribution in [0.5, 0.6) is 0 Å². The number of nitrogens with one attached hydrogen (secondary N) is 1. The van der Waals surface area contributed by atoms with E-state index in [0.29, 0.717) is 18.7 Å². The van der Waals surface area contributed by atoms with Crippen LogP contribution in [0.15, 0.2) is 42.7 Å². The van der Waals surface area contributed by atoms with Gasteiger partial charge < -0.3 is 4.98 Å². The van der Waals surface area contributed by atoms with E-state index in [2.05, 4.69) is 9.97 Å². The Hall–Kier alpha value is -3.15. The number of hydrazine groups is 1. The average molecular weight is 362 g/mol. The van der Waals surface area contributed by atoms with Crippen LogP contribution in [-0.4, -0.2) is 44.9 Å². The molecule has 2 amide bonds. The van der Waals surface area contributed by atoms with Gasteiger partial charge in [0.15, 0.2) is 0 Å². The number of aryl methyl sites for hydroxylation is 2. The van der Waals surface area contributed by atoms with Gasteiger partial charge in [-0.1, -0.05) is 18.2 Å². The van der Waals surface area contributed by atoms with Crippen molar-refractivity contribution in [3.8, 4) is 0 Å². The second kappa shape index (κ2) is 6.87. The number of hydrogen-bond donors (Lipinski definition) is 1. The first-order valence-corrected chi connectivity index (χ1v) is 9.14. The molecule has 4 rings (SSSR count). The van der Waals surface area contributed by atoms with Crippen LogP contribution in [0.1, 0.15) is 33.6 Å². The summed E-state index contributed by atoms with van der Waals surface area (Å²) in [4.78, 5) is 33.3. The minimum absolute atomic E-state index is 0.0608. The van der Waals surface area contributed by atoms with Gasteiger partial charge in [0.1, 0.15) is 0 Å². The molecule has 0 bridgehead atoms. The van der Waals surface area contributed by atoms with Gasteiger partial charge in [-0.25, -0.2) is 5.01 Å². The molecule has 3 heterocycles. The largest absolute Gasteiger partial charge is 0.358 e. The van der Waals surface area contributed by atoms with Crippen molar-refractivity contribution in [2.24, 2.45) is 0 Å². The van der Waals surface area contributed by atoms with E-state index in [1.807, 2.05) is 38.1 Å². The predicted octanol–water partition coefficient (Wildman–Crippen LogP) is 3.01. The van der Waals surface area contributed by atoms with Gasteiger partial charge in [-0.3, -0.25) is 19.6 Å². The Morgan fingerprint density at radius 1 is 1.11 bits per heavy atom. The van der Waals surface area contributed by atoms with E-state index in [9.17, 15) is 9.59 Å². The molecule has 1 saturated heterocycles. The van der Waals surface area contributed by atoms with Crippen molar-refractivity contribution in [2.45, 2.75) is 26.7 Å². The molecule has 6 nitrogen and oxygen atoms in total. The molecule has 0 atom stereocenters. The normalized spacial score (nSPS) is 14.1. The molecule has 1 aliphatic rings. The molecule has 138 valence electrons. The number of hydrogen-bond acceptors (Lipinski definition) is 3. The minimum Gasteiger partial charge on any atom is -0.358 e. The Labute approximate surface area is 157 Å². The lowest BCUT2D eigenvalue weighted by Crippen LogP contribution is -2.45. The maximum atomic E-state index is 13.0. The molecule has 0 radical (unpaired) electrons. The van der Waals surface area contributed by atoms with Crippen molar-refractivity contribution in [3.63, 3.8) is 0 Å². The summed E-state index contributed by atoms with van der Waals surface area (Å²) >= 11 is 0. The summed E-state index contributed by atoms with van der Waals surface area (Å²) in [7, 11) is 0. The van der Waals surface area contributed by atoms with E-state index in [-0.39, 0.29) is 18.2 Å². The Morgan fingerprint density at radius 2 is 1.89 bits per heavy atom. The van der Waals surface area contributed by atoms with Gasteiger partial charge in [0, 0.05) is 42.1 Å². The van der Waals surface area contributed by atoms with E-state index in [1.54, 1.807) is 28.5 Å². The van der Waals surface area contributed by atoms with Gasteiger partial charge in [-0.2, -0.15) is 0 Å². The summed E-state index contributed by atoms with van der Waals surface area (Å²) in [6, 6.07) is 9.78. The van der Waals surface area contributed by atoms with Crippen LogP contribution < -0.4 is 0 Å². The van der Waals surface area contributed by atoms with E-state index in [4.69, 9.17) is 0 Å². The highest BCUT2D eigenvalue weighted by atomic mass is 16.2. The summed E-state index contributed by atoms with van der Waals surface area (Å²) < 4.78 is 0. The average Bonchev–Trinajstić information content (AvgIpc) is 3.26. The number of carbonyl (C=O) groups is 2. The van der Waals surface area contributed by atoms with Crippen molar-refractivity contribution < 1.29 is 9.59 Å². The smallest absolute Gasteiger partial charge is 0.274 e. The number of carbonyl (C=O) groups excluding carboxylic acids is 2. The van der Waals surface area contributed by atoms with Crippen molar-refractivity contribution in [1.82, 2.24) is 20.0 Å². The molecule has 0 aliphatic carbocycles. The third-order valence-electron chi connectivity index (χ3n) is 5.03. The summed E-state index contributed by atoms with van der Waals surface area (Å²) in [6.07, 6.45) is 4.32. The minimum atomic E-state index is -0.173. The molecule has 0 spiro atoms. The van der Waals surface area contributed by atoms with E-state index in [0.717, 1.165) is 34.1 Å². The number of benzene rings is 1. The van der Waals surface area contributed by atoms with Crippen LogP contribution >= 0.6 is 0 Å². The highest BCUT2D eigenvalue weighted by Gasteiger charge is 2.32. The number of para-hydroxylation sites is 1. The van der Waals surface area contributed by atoms with Gasteiger partial charge >= 0.3 is 0 Å². The first-order valence-electron chi connectivity index (χ1n) is 9.14. The monoisotopic (exact) mass is 362 g/mol. The molecular formula is C21H22N4O2. The van der Waals surface area contributed by atoms with E-state index in [1.165, 1.54) is 0 Å². The van der Waals surface area contributed by atoms with Crippen LogP contribution in [-0.2, 0) is 11.2 Å². The van der Waals surface area contributed by atoms with Crippen LogP contribution in [0.3, 0.4) is 0 Å². The van der Waals surface area contributed by atoms with Crippen molar-refractivity contribution in [3.05, 3.63) is 65.1 Å². The molecule has 2 aromatic heterocycles. The summed E-state index contributed by atoms with van der Waals surface area (Å²) in [5, 5.41) is 4.21. The lowest BCUT2D eigenvalue weighted by molar-refractivity contribution is -0.139. The number of aromatic nitrogens is 2. The fourth-order valence-electron chi connectivity index (χ4n) is 3.71. The first kappa shape index (κ1) is 17.3. The molecular weight excluding hydrogens is 340 g/mol. The van der Waals surface area contributed by atoms with Gasteiger partial charge in [0.25, 0.3) is 5.91 Å². The first-order chi connectivity index (χ1) is 13.0. The Bertz CT molecular complexity index is 1020. The summed E-state index contributed by atoms with van der Waals surface area (Å²) in [6.45, 7) is 4.99. The molecule has 3 aromatic rings. The van der Waals surface area contributed by atoms with E-state index < -0.39 is 0 Å². The van der Waals surface area contributed by atoms with Crippen LogP contribution in [0, 0.1) is 13.8 Å². The maximum absolute atomic E-state index is 13.0. The Morgan fingerprint density at radius 3 is 2.70 bits per heavy atom. The zero-order valence-corrected chi connectivity index (χ0v) is 15.5. The molecule has 1 N–H and O–H groups in total. The molecule has 0 saturated carbocycles. The van der Waals surface area contributed by atoms with Crippen molar-refractivity contribution >= 4 is 22.7 Å². The fraction of sp³-hybridized carbons (Fsp3) is 0.286. The third kappa shape index (κ3) is 3.18. The van der Waals surface area contributed by atoms with Gasteiger partial charge in [0.2, 0.25) is 5.91 Å². The molecule has 27 heavy (non-hydrogen) atoms. The van der Waals surface area contributed by atoms with E-state index >= 15 is 0 Å². The standard InChI is InChI=1S/C21H22N4O2/c1-14-10-16(13-22-12-14)21(27)25-9-5-8-24(25)20(26)11-18-15(2)23-19-7-4-3-6-17(18)19/h3-4,6-7,10,12-13,23H,5,8-9,11H2,1-2H3. The fourth-order valence-corrected chi connectivity index (χ4v) is 3.71. The lowest BCUT2D eigenvalue weighted by atomic mass is 10.1. The summed E-state index contributed by atoms with van der Waals surface area (Å²) in [5.41, 5.74) is 4.44. The Balaban J connectivity index is 1.57. The molecule has 1 fully saturated rings. The Kier molecular flexibility index (Phi) is 4.39. The van der Waals surface area contributed by atoms with Gasteiger partial charge in [0.05, 0.1) is 12.0 Å². The van der Waals surface area contributed by atoms with Gasteiger partial charge in [-0.05, 0) is 43.5 Å². The van der Waals surface area contributed by atoms with Crippen LogP contribution in [0.4, 0.5) is 0 Å². The maximum Gasteiger partial charge on any atom is 0.274 e. The van der Waals surface area contributed by atoms with Crippen molar-refractivity contribution in [1.29, 1.82) is 0 Å². The number of rotatable bonds is 3. The number of fused-ring (bicyclic) bond motifs is 1. The van der Waals surface area contributed by atoms with Crippen LogP contribution in [0.25, 0.3) is 10.9 Å². The third-order valence-corrected chi connectivity index (χ3v) is 5.03.